The number of benzene rings is 3. The molecule has 0 fully saturated rings. The van der Waals surface area contributed by atoms with Crippen molar-refractivity contribution in [2.24, 2.45) is 0 Å². The van der Waals surface area contributed by atoms with E-state index in [0.29, 0.717) is 22.2 Å². The van der Waals surface area contributed by atoms with E-state index in [1.165, 1.54) is 11.8 Å². The minimum Gasteiger partial charge on any atom is -0.345 e. The maximum absolute atomic E-state index is 13.0. The molecular weight excluding hydrogens is 430 g/mol. The molecule has 1 atom stereocenters. The van der Waals surface area contributed by atoms with Gasteiger partial charge in [-0.3, -0.25) is 4.79 Å². The Morgan fingerprint density at radius 1 is 1.03 bits per heavy atom. The molecule has 0 radical (unpaired) electrons. The molecule has 0 spiro atoms. The van der Waals surface area contributed by atoms with Gasteiger partial charge in [-0.15, -0.1) is 16.9 Å². The zero-order valence-electron chi connectivity index (χ0n) is 16.8. The monoisotopic (exact) mass is 449 g/mol. The minimum atomic E-state index is -0.218. The zero-order valence-corrected chi connectivity index (χ0v) is 18.3. The smallest absolute Gasteiger partial charge is 0.252 e. The lowest BCUT2D eigenvalue weighted by molar-refractivity contribution is 0.0937. The number of hydrogen-bond donors (Lipinski definition) is 1. The van der Waals surface area contributed by atoms with Crippen molar-refractivity contribution in [3.63, 3.8) is 0 Å². The summed E-state index contributed by atoms with van der Waals surface area (Å²) < 4.78 is 1.70. The van der Waals surface area contributed by atoms with Crippen LogP contribution in [0.25, 0.3) is 5.69 Å². The van der Waals surface area contributed by atoms with Gasteiger partial charge in [0.25, 0.3) is 5.91 Å². The first-order valence-corrected chi connectivity index (χ1v) is 11.1. The van der Waals surface area contributed by atoms with Gasteiger partial charge in [0.1, 0.15) is 0 Å². The molecule has 1 N–H and O–H groups in total. The van der Waals surface area contributed by atoms with Gasteiger partial charge < -0.3 is 5.32 Å². The van der Waals surface area contributed by atoms with Gasteiger partial charge in [0.05, 0.1) is 23.0 Å². The SMILES string of the molecule is CC(NC(=O)c1ccccc1SCc1nnnn1-c1ccccc1)c1ccccc1Cl. The summed E-state index contributed by atoms with van der Waals surface area (Å²) in [4.78, 5) is 13.9. The van der Waals surface area contributed by atoms with E-state index < -0.39 is 0 Å². The quantitative estimate of drug-likeness (QED) is 0.397. The van der Waals surface area contributed by atoms with Gasteiger partial charge in [-0.05, 0) is 53.2 Å². The number of thioether (sulfide) groups is 1. The van der Waals surface area contributed by atoms with Crippen molar-refractivity contribution in [1.29, 1.82) is 0 Å². The summed E-state index contributed by atoms with van der Waals surface area (Å²) in [6, 6.07) is 24.5. The van der Waals surface area contributed by atoms with Gasteiger partial charge in [-0.1, -0.05) is 60.1 Å². The molecule has 31 heavy (non-hydrogen) atoms. The van der Waals surface area contributed by atoms with Gasteiger partial charge in [0, 0.05) is 9.92 Å². The second kappa shape index (κ2) is 9.76. The van der Waals surface area contributed by atoms with Crippen molar-refractivity contribution in [3.05, 3.63) is 101 Å². The first-order chi connectivity index (χ1) is 15.1. The summed E-state index contributed by atoms with van der Waals surface area (Å²) >= 11 is 7.79. The van der Waals surface area contributed by atoms with E-state index in [2.05, 4.69) is 20.8 Å². The van der Waals surface area contributed by atoms with E-state index in [9.17, 15) is 4.79 Å². The Balaban J connectivity index is 1.49. The third-order valence-electron chi connectivity index (χ3n) is 4.74. The molecule has 0 aliphatic carbocycles. The number of nitrogens with zero attached hydrogens (tertiary/aromatic N) is 4. The van der Waals surface area contributed by atoms with E-state index in [4.69, 9.17) is 11.6 Å². The summed E-state index contributed by atoms with van der Waals surface area (Å²) in [7, 11) is 0. The maximum Gasteiger partial charge on any atom is 0.252 e. The Labute approximate surface area is 189 Å². The van der Waals surface area contributed by atoms with Crippen LogP contribution in [0.5, 0.6) is 0 Å². The number of carbonyl (C=O) groups excluding carboxylic acids is 1. The van der Waals surface area contributed by atoms with Crippen LogP contribution < -0.4 is 5.32 Å². The average molecular weight is 450 g/mol. The molecule has 1 heterocycles. The number of tetrazole rings is 1. The van der Waals surface area contributed by atoms with Crippen molar-refractivity contribution in [1.82, 2.24) is 25.5 Å². The summed E-state index contributed by atoms with van der Waals surface area (Å²) in [6.07, 6.45) is 0. The first-order valence-electron chi connectivity index (χ1n) is 9.73. The number of halogens is 1. The van der Waals surface area contributed by atoms with E-state index >= 15 is 0 Å². The number of amides is 1. The Morgan fingerprint density at radius 2 is 1.74 bits per heavy atom. The Kier molecular flexibility index (Phi) is 6.64. The molecule has 4 aromatic rings. The number of para-hydroxylation sites is 1. The topological polar surface area (TPSA) is 72.7 Å². The molecule has 0 saturated carbocycles. The van der Waals surface area contributed by atoms with E-state index in [1.54, 1.807) is 4.68 Å². The van der Waals surface area contributed by atoms with Crippen molar-refractivity contribution < 1.29 is 4.79 Å². The fraction of sp³-hybridized carbons (Fsp3) is 0.130. The van der Waals surface area contributed by atoms with Crippen LogP contribution in [0.15, 0.2) is 83.8 Å². The van der Waals surface area contributed by atoms with Crippen molar-refractivity contribution in [2.75, 3.05) is 0 Å². The molecule has 0 aliphatic rings. The van der Waals surface area contributed by atoms with Crippen molar-refractivity contribution in [2.45, 2.75) is 23.6 Å². The number of rotatable bonds is 7. The van der Waals surface area contributed by atoms with Gasteiger partial charge in [0.15, 0.2) is 5.82 Å². The molecule has 1 amide bonds. The Morgan fingerprint density at radius 3 is 2.55 bits per heavy atom. The summed E-state index contributed by atoms with van der Waals surface area (Å²) in [5, 5.41) is 15.7. The second-order valence-corrected chi connectivity index (χ2v) is 8.27. The zero-order chi connectivity index (χ0) is 21.6. The number of aromatic nitrogens is 4. The highest BCUT2D eigenvalue weighted by Crippen LogP contribution is 2.28. The molecule has 1 aromatic heterocycles. The molecule has 3 aromatic carbocycles. The Bertz CT molecular complexity index is 1180. The minimum absolute atomic E-state index is 0.154. The highest BCUT2D eigenvalue weighted by molar-refractivity contribution is 7.98. The van der Waals surface area contributed by atoms with Crippen LogP contribution in [0.4, 0.5) is 0 Å². The Hall–Kier alpha value is -3.16. The van der Waals surface area contributed by atoms with E-state index in [1.807, 2.05) is 85.8 Å². The summed E-state index contributed by atoms with van der Waals surface area (Å²) in [5.41, 5.74) is 2.37. The standard InChI is InChI=1S/C23H20ClN5OS/c1-16(18-11-5-7-13-20(18)24)25-23(30)19-12-6-8-14-21(19)31-15-22-26-27-28-29(22)17-9-3-2-4-10-17/h2-14,16H,15H2,1H3,(H,25,30). The summed E-state index contributed by atoms with van der Waals surface area (Å²) in [5.74, 6) is 1.07. The van der Waals surface area contributed by atoms with Crippen LogP contribution in [0, 0.1) is 0 Å². The number of hydrogen-bond acceptors (Lipinski definition) is 5. The van der Waals surface area contributed by atoms with E-state index in [0.717, 1.165) is 16.1 Å². The molecule has 0 bridgehead atoms. The molecule has 0 aliphatic heterocycles. The maximum atomic E-state index is 13.0. The first kappa shape index (κ1) is 21.1. The van der Waals surface area contributed by atoms with Crippen molar-refractivity contribution >= 4 is 29.3 Å². The lowest BCUT2D eigenvalue weighted by Crippen LogP contribution is -2.27. The summed E-state index contributed by atoms with van der Waals surface area (Å²) in [6.45, 7) is 1.92. The van der Waals surface area contributed by atoms with Gasteiger partial charge in [0.2, 0.25) is 0 Å². The second-order valence-electron chi connectivity index (χ2n) is 6.84. The number of nitrogens with one attached hydrogen (secondary N) is 1. The lowest BCUT2D eigenvalue weighted by Gasteiger charge is -2.17. The molecule has 156 valence electrons. The predicted octanol–water partition coefficient (Wildman–Crippen LogP) is 5.10. The highest BCUT2D eigenvalue weighted by atomic mass is 35.5. The molecule has 4 rings (SSSR count). The normalized spacial score (nSPS) is 11.8. The molecule has 0 saturated heterocycles. The average Bonchev–Trinajstić information content (AvgIpc) is 3.27. The van der Waals surface area contributed by atoms with Gasteiger partial charge >= 0.3 is 0 Å². The molecule has 6 nitrogen and oxygen atoms in total. The van der Waals surface area contributed by atoms with Crippen LogP contribution in [-0.2, 0) is 5.75 Å². The van der Waals surface area contributed by atoms with Crippen LogP contribution in [0.2, 0.25) is 5.02 Å². The van der Waals surface area contributed by atoms with Gasteiger partial charge in [-0.25, -0.2) is 0 Å². The third kappa shape index (κ3) is 4.95. The lowest BCUT2D eigenvalue weighted by atomic mass is 10.1. The highest BCUT2D eigenvalue weighted by Gasteiger charge is 2.17. The van der Waals surface area contributed by atoms with Crippen LogP contribution in [-0.4, -0.2) is 26.1 Å². The van der Waals surface area contributed by atoms with Crippen LogP contribution in [0.3, 0.4) is 0 Å². The molecule has 8 heteroatoms. The fourth-order valence-electron chi connectivity index (χ4n) is 3.17. The van der Waals surface area contributed by atoms with Crippen molar-refractivity contribution in [3.8, 4) is 5.69 Å². The number of carbonyl (C=O) groups is 1. The van der Waals surface area contributed by atoms with Crippen LogP contribution >= 0.6 is 23.4 Å². The fourth-order valence-corrected chi connectivity index (χ4v) is 4.42. The predicted molar refractivity (Wildman–Crippen MR) is 122 cm³/mol. The van der Waals surface area contributed by atoms with Crippen LogP contribution in [0.1, 0.15) is 34.7 Å². The molecular formula is C23H20ClN5OS. The largest absolute Gasteiger partial charge is 0.345 e. The molecule has 1 unspecified atom stereocenters. The third-order valence-corrected chi connectivity index (χ3v) is 6.16. The van der Waals surface area contributed by atoms with E-state index in [-0.39, 0.29) is 11.9 Å². The van der Waals surface area contributed by atoms with Gasteiger partial charge in [-0.2, -0.15) is 4.68 Å².